The summed E-state index contributed by atoms with van der Waals surface area (Å²) >= 11 is 0. The predicted molar refractivity (Wildman–Crippen MR) is 161 cm³/mol. The Kier molecular flexibility index (Phi) is 11.0. The Morgan fingerprint density at radius 1 is 0.786 bits per heavy atom. The van der Waals surface area contributed by atoms with Crippen LogP contribution >= 0.6 is 0 Å². The molecule has 0 saturated carbocycles. The number of nitriles is 1. The van der Waals surface area contributed by atoms with Crippen molar-refractivity contribution in [3.05, 3.63) is 143 Å². The van der Waals surface area contributed by atoms with Crippen molar-refractivity contribution in [3.8, 4) is 6.07 Å². The summed E-state index contributed by atoms with van der Waals surface area (Å²) < 4.78 is 5.72. The molecule has 3 N–H and O–H groups in total. The molecular formula is C35H35N3O4. The fourth-order valence-corrected chi connectivity index (χ4v) is 4.82. The van der Waals surface area contributed by atoms with Crippen molar-refractivity contribution in [1.82, 2.24) is 10.6 Å². The molecular weight excluding hydrogens is 526 g/mol. The molecule has 42 heavy (non-hydrogen) atoms. The second-order valence-corrected chi connectivity index (χ2v) is 10.2. The molecule has 0 aliphatic rings. The number of nitrogens with one attached hydrogen (secondary N) is 2. The second kappa shape index (κ2) is 15.3. The van der Waals surface area contributed by atoms with Crippen LogP contribution in [0.4, 0.5) is 0 Å². The zero-order chi connectivity index (χ0) is 29.7. The molecule has 0 radical (unpaired) electrons. The van der Waals surface area contributed by atoms with Gasteiger partial charge in [-0.15, -0.1) is 0 Å². The van der Waals surface area contributed by atoms with E-state index in [1.54, 1.807) is 0 Å². The van der Waals surface area contributed by atoms with Gasteiger partial charge in [0.15, 0.2) is 0 Å². The number of aryl methyl sites for hydroxylation is 1. The number of amides is 2. The van der Waals surface area contributed by atoms with Gasteiger partial charge in [-0.25, -0.2) is 0 Å². The lowest BCUT2D eigenvalue weighted by molar-refractivity contribution is -0.129. The molecule has 4 rings (SSSR count). The Bertz CT molecular complexity index is 1460. The smallest absolute Gasteiger partial charge is 0.244 e. The predicted octanol–water partition coefficient (Wildman–Crippen LogP) is 4.57. The van der Waals surface area contributed by atoms with Gasteiger partial charge in [0.25, 0.3) is 0 Å². The summed E-state index contributed by atoms with van der Waals surface area (Å²) in [6.07, 6.45) is 0.252. The minimum Gasteiger partial charge on any atom is -0.392 e. The number of hydrogen-bond donors (Lipinski definition) is 3. The van der Waals surface area contributed by atoms with Gasteiger partial charge in [-0.3, -0.25) is 9.59 Å². The molecule has 0 bridgehead atoms. The van der Waals surface area contributed by atoms with Crippen LogP contribution in [0, 0.1) is 18.3 Å². The maximum absolute atomic E-state index is 13.9. The number of rotatable bonds is 13. The molecule has 0 unspecified atom stereocenters. The minimum atomic E-state index is -0.925. The van der Waals surface area contributed by atoms with Gasteiger partial charge >= 0.3 is 0 Å². The zero-order valence-electron chi connectivity index (χ0n) is 23.6. The number of benzene rings is 4. The first-order valence-electron chi connectivity index (χ1n) is 13.9. The Morgan fingerprint density at radius 2 is 1.40 bits per heavy atom. The maximum Gasteiger partial charge on any atom is 0.244 e. The van der Waals surface area contributed by atoms with Gasteiger partial charge in [0.1, 0.15) is 12.1 Å². The molecule has 0 saturated heterocycles. The van der Waals surface area contributed by atoms with E-state index >= 15 is 0 Å². The van der Waals surface area contributed by atoms with Crippen LogP contribution in [0.5, 0.6) is 0 Å². The maximum atomic E-state index is 13.9. The van der Waals surface area contributed by atoms with Gasteiger partial charge in [0.05, 0.1) is 31.8 Å². The number of carbonyl (C=O) groups is 2. The molecule has 0 spiro atoms. The Hall–Kier alpha value is -4.77. The van der Waals surface area contributed by atoms with Gasteiger partial charge in [-0.1, -0.05) is 115 Å². The number of nitrogens with zero attached hydrogens (tertiary/aromatic N) is 1. The van der Waals surface area contributed by atoms with E-state index in [1.165, 1.54) is 0 Å². The molecule has 2 atom stereocenters. The van der Waals surface area contributed by atoms with Gasteiger partial charge in [-0.05, 0) is 34.7 Å². The molecule has 2 amide bonds. The van der Waals surface area contributed by atoms with Crippen molar-refractivity contribution in [2.75, 3.05) is 6.61 Å². The number of aliphatic hydroxyl groups is 1. The molecule has 7 heteroatoms. The lowest BCUT2D eigenvalue weighted by Gasteiger charge is -2.24. The van der Waals surface area contributed by atoms with E-state index in [2.05, 4.69) is 16.7 Å². The molecule has 4 aromatic rings. The third-order valence-electron chi connectivity index (χ3n) is 6.88. The second-order valence-electron chi connectivity index (χ2n) is 10.2. The highest BCUT2D eigenvalue weighted by Gasteiger charge is 2.29. The molecule has 4 aromatic carbocycles. The highest BCUT2D eigenvalue weighted by atomic mass is 16.5. The fourth-order valence-electron chi connectivity index (χ4n) is 4.82. The summed E-state index contributed by atoms with van der Waals surface area (Å²) in [5.41, 5.74) is 5.16. The van der Waals surface area contributed by atoms with Crippen LogP contribution in [-0.2, 0) is 34.0 Å². The molecule has 0 aromatic heterocycles. The summed E-state index contributed by atoms with van der Waals surface area (Å²) in [5, 5.41) is 24.9. The average Bonchev–Trinajstić information content (AvgIpc) is 3.01. The fraction of sp³-hybridized carbons (Fsp3) is 0.229. The van der Waals surface area contributed by atoms with Crippen LogP contribution in [0.25, 0.3) is 0 Å². The van der Waals surface area contributed by atoms with Crippen molar-refractivity contribution < 1.29 is 19.4 Å². The first-order valence-corrected chi connectivity index (χ1v) is 13.9. The lowest BCUT2D eigenvalue weighted by atomic mass is 9.90. The minimum absolute atomic E-state index is 0.0344. The van der Waals surface area contributed by atoms with E-state index in [0.717, 1.165) is 33.4 Å². The van der Waals surface area contributed by atoms with Gasteiger partial charge in [0.2, 0.25) is 11.8 Å². The summed E-state index contributed by atoms with van der Waals surface area (Å²) in [4.78, 5) is 27.4. The monoisotopic (exact) mass is 561 g/mol. The van der Waals surface area contributed by atoms with Crippen molar-refractivity contribution >= 4 is 11.8 Å². The van der Waals surface area contributed by atoms with Crippen molar-refractivity contribution in [2.45, 2.75) is 44.6 Å². The third kappa shape index (κ3) is 8.61. The Labute approximate surface area is 246 Å². The number of aliphatic hydroxyl groups excluding tert-OH is 1. The summed E-state index contributed by atoms with van der Waals surface area (Å²) in [6.45, 7) is 2.08. The van der Waals surface area contributed by atoms with Gasteiger partial charge < -0.3 is 20.5 Å². The van der Waals surface area contributed by atoms with E-state index in [4.69, 9.17) is 4.74 Å². The van der Waals surface area contributed by atoms with Crippen LogP contribution in [-0.4, -0.2) is 35.6 Å². The largest absolute Gasteiger partial charge is 0.392 e. The number of hydrogen-bond acceptors (Lipinski definition) is 5. The van der Waals surface area contributed by atoms with Gasteiger partial charge in [-0.2, -0.15) is 5.26 Å². The SMILES string of the molecule is Cc1cccc(C[C@H](NC(=O)C(c2ccccc2)c2ccccc2)C(=O)N[C@H](C#N)COCc2cccc(CO)c2)c1. The highest BCUT2D eigenvalue weighted by Crippen LogP contribution is 2.25. The van der Waals surface area contributed by atoms with Crippen LogP contribution in [0.3, 0.4) is 0 Å². The number of ether oxygens (including phenoxy) is 1. The highest BCUT2D eigenvalue weighted by molar-refractivity contribution is 5.92. The van der Waals surface area contributed by atoms with E-state index in [0.29, 0.717) is 0 Å². The van der Waals surface area contributed by atoms with Crippen molar-refractivity contribution in [1.29, 1.82) is 5.26 Å². The molecule has 214 valence electrons. The van der Waals surface area contributed by atoms with Crippen LogP contribution in [0.15, 0.2) is 109 Å². The molecule has 0 heterocycles. The van der Waals surface area contributed by atoms with E-state index < -0.39 is 23.9 Å². The van der Waals surface area contributed by atoms with E-state index in [-0.39, 0.29) is 32.1 Å². The Balaban J connectivity index is 1.50. The molecule has 0 aliphatic carbocycles. The topological polar surface area (TPSA) is 111 Å². The average molecular weight is 562 g/mol. The number of carbonyl (C=O) groups excluding carboxylic acids is 2. The zero-order valence-corrected chi connectivity index (χ0v) is 23.6. The molecule has 0 fully saturated rings. The molecule has 7 nitrogen and oxygen atoms in total. The quantitative estimate of drug-likeness (QED) is 0.221. The molecule has 0 aliphatic heterocycles. The van der Waals surface area contributed by atoms with Crippen molar-refractivity contribution in [3.63, 3.8) is 0 Å². The van der Waals surface area contributed by atoms with E-state index in [1.807, 2.05) is 116 Å². The summed E-state index contributed by atoms with van der Waals surface area (Å²) in [7, 11) is 0. The Morgan fingerprint density at radius 3 is 2.02 bits per heavy atom. The first kappa shape index (κ1) is 30.2. The summed E-state index contributed by atoms with van der Waals surface area (Å²) in [5.74, 6) is -1.40. The van der Waals surface area contributed by atoms with Crippen LogP contribution < -0.4 is 10.6 Å². The normalized spacial score (nSPS) is 12.2. The van der Waals surface area contributed by atoms with Gasteiger partial charge in [0, 0.05) is 6.42 Å². The third-order valence-corrected chi connectivity index (χ3v) is 6.88. The first-order chi connectivity index (χ1) is 20.5. The van der Waals surface area contributed by atoms with Crippen LogP contribution in [0.2, 0.25) is 0 Å². The van der Waals surface area contributed by atoms with E-state index in [9.17, 15) is 20.0 Å². The van der Waals surface area contributed by atoms with Crippen LogP contribution in [0.1, 0.15) is 39.3 Å². The lowest BCUT2D eigenvalue weighted by Crippen LogP contribution is -2.52. The summed E-state index contributed by atoms with van der Waals surface area (Å²) in [6, 6.07) is 34.2. The van der Waals surface area contributed by atoms with Crippen molar-refractivity contribution in [2.24, 2.45) is 0 Å². The standard InChI is InChI=1S/C35H35N3O4/c1-25-10-8-11-26(18-25)20-32(34(40)37-31(21-36)24-42-23-28-13-9-12-27(19-28)22-39)38-35(41)33(29-14-4-2-5-15-29)30-16-6-3-7-17-30/h2-19,31-33,39H,20,22-24H2,1H3,(H,37,40)(H,38,41)/t31-,32+/m1/s1.